The van der Waals surface area contributed by atoms with Crippen LogP contribution in [0.1, 0.15) is 15.9 Å². The number of rotatable bonds is 4. The first-order chi connectivity index (χ1) is 12.8. The van der Waals surface area contributed by atoms with Crippen LogP contribution >= 0.6 is 0 Å². The molecule has 1 aliphatic heterocycles. The Kier molecular flexibility index (Phi) is 4.36. The number of benzene rings is 3. The van der Waals surface area contributed by atoms with Gasteiger partial charge >= 0.3 is 6.98 Å². The van der Waals surface area contributed by atoms with E-state index < -0.39 is 0 Å². The van der Waals surface area contributed by atoms with Gasteiger partial charge in [-0.15, -0.1) is 0 Å². The van der Waals surface area contributed by atoms with Crippen molar-refractivity contribution in [2.24, 2.45) is 0 Å². The minimum atomic E-state index is -0.208. The van der Waals surface area contributed by atoms with E-state index in [1.807, 2.05) is 83.7 Å². The Bertz CT molecular complexity index is 913. The summed E-state index contributed by atoms with van der Waals surface area (Å²) in [5.74, 6) is 0.839. The number of hydrogen-bond acceptors (Lipinski definition) is 3. The van der Waals surface area contributed by atoms with Crippen molar-refractivity contribution in [3.05, 3.63) is 90.0 Å². The van der Waals surface area contributed by atoms with Gasteiger partial charge in [0.15, 0.2) is 0 Å². The number of ether oxygens (including phenoxy) is 1. The minimum absolute atomic E-state index is 0.0315. The Hall–Kier alpha value is -3.21. The summed E-state index contributed by atoms with van der Waals surface area (Å²) >= 11 is 0. The third-order valence-corrected chi connectivity index (χ3v) is 4.65. The quantitative estimate of drug-likeness (QED) is 0.741. The lowest BCUT2D eigenvalue weighted by Gasteiger charge is -2.35. The lowest BCUT2D eigenvalue weighted by atomic mass is 9.63. The summed E-state index contributed by atoms with van der Waals surface area (Å²) in [7, 11) is 1.65. The fourth-order valence-corrected chi connectivity index (χ4v) is 3.28. The Labute approximate surface area is 153 Å². The van der Waals surface area contributed by atoms with Crippen LogP contribution in [0.5, 0.6) is 5.75 Å². The summed E-state index contributed by atoms with van der Waals surface area (Å²) in [5.41, 5.74) is 3.69. The number of carbonyl (C=O) groups is 1. The smallest absolute Gasteiger partial charge is 0.411 e. The number of anilines is 1. The van der Waals surface area contributed by atoms with Crippen molar-refractivity contribution in [2.75, 3.05) is 12.3 Å². The predicted octanol–water partition coefficient (Wildman–Crippen LogP) is 3.16. The van der Waals surface area contributed by atoms with Crippen LogP contribution in [0.3, 0.4) is 0 Å². The molecule has 0 unspecified atom stereocenters. The molecule has 3 aromatic carbocycles. The van der Waals surface area contributed by atoms with Crippen LogP contribution in [0.4, 0.5) is 5.69 Å². The largest absolute Gasteiger partial charge is 0.497 e. The zero-order chi connectivity index (χ0) is 17.9. The summed E-state index contributed by atoms with van der Waals surface area (Å²) in [4.78, 5) is 15.1. The third kappa shape index (κ3) is 3.04. The van der Waals surface area contributed by atoms with Gasteiger partial charge < -0.3 is 14.8 Å². The Morgan fingerprint density at radius 3 is 2.35 bits per heavy atom. The van der Waals surface area contributed by atoms with E-state index >= 15 is 0 Å². The van der Waals surface area contributed by atoms with E-state index in [2.05, 4.69) is 5.23 Å². The molecule has 3 aromatic rings. The van der Waals surface area contributed by atoms with Gasteiger partial charge in [-0.05, 0) is 35.3 Å². The van der Waals surface area contributed by atoms with E-state index in [0.717, 1.165) is 22.5 Å². The van der Waals surface area contributed by atoms with E-state index in [-0.39, 0.29) is 12.9 Å². The summed E-state index contributed by atoms with van der Waals surface area (Å²) < 4.78 is 5.22. The minimum Gasteiger partial charge on any atom is -0.497 e. The molecular weight excluding hydrogens is 323 g/mol. The molecular formula is C21H19BN2O2. The fraction of sp³-hybridized carbons (Fsp3) is 0.0952. The van der Waals surface area contributed by atoms with Crippen LogP contribution in [0.25, 0.3) is 0 Å². The molecule has 0 radical (unpaired) electrons. The maximum Gasteiger partial charge on any atom is 0.411 e. The molecule has 26 heavy (non-hydrogen) atoms. The molecule has 0 bridgehead atoms. The molecule has 0 saturated carbocycles. The summed E-state index contributed by atoms with van der Waals surface area (Å²) in [6.45, 7) is 0.310. The molecule has 1 amide bonds. The molecule has 0 fully saturated rings. The molecule has 4 rings (SSSR count). The van der Waals surface area contributed by atoms with Crippen molar-refractivity contribution in [2.45, 2.75) is 6.54 Å². The maximum atomic E-state index is 13.2. The monoisotopic (exact) mass is 342 g/mol. The van der Waals surface area contributed by atoms with Crippen LogP contribution in [0, 0.1) is 0 Å². The van der Waals surface area contributed by atoms with Gasteiger partial charge in [-0.25, -0.2) is 0 Å². The van der Waals surface area contributed by atoms with Crippen LogP contribution in [-0.4, -0.2) is 24.8 Å². The molecule has 4 nitrogen and oxygen atoms in total. The lowest BCUT2D eigenvalue weighted by Crippen LogP contribution is -2.58. The van der Waals surface area contributed by atoms with Gasteiger partial charge in [0.1, 0.15) is 5.75 Å². The first-order valence-corrected chi connectivity index (χ1v) is 8.60. The number of nitrogens with one attached hydrogen (secondary N) is 1. The van der Waals surface area contributed by atoms with E-state index in [9.17, 15) is 4.79 Å². The van der Waals surface area contributed by atoms with E-state index in [0.29, 0.717) is 12.1 Å². The van der Waals surface area contributed by atoms with E-state index in [1.54, 1.807) is 7.11 Å². The van der Waals surface area contributed by atoms with Gasteiger partial charge in [0.25, 0.3) is 0 Å². The summed E-state index contributed by atoms with van der Waals surface area (Å²) in [6.07, 6.45) is 0. The Morgan fingerprint density at radius 1 is 0.923 bits per heavy atom. The van der Waals surface area contributed by atoms with Crippen molar-refractivity contribution >= 4 is 24.0 Å². The second-order valence-electron chi connectivity index (χ2n) is 6.28. The average Bonchev–Trinajstić information content (AvgIpc) is 2.71. The number of nitrogens with zero attached hydrogens (tertiary/aromatic N) is 1. The highest BCUT2D eigenvalue weighted by molar-refractivity contribution is 6.76. The molecule has 0 aliphatic carbocycles. The van der Waals surface area contributed by atoms with E-state index in [4.69, 9.17) is 4.74 Å². The van der Waals surface area contributed by atoms with Crippen LogP contribution in [0.2, 0.25) is 0 Å². The summed E-state index contributed by atoms with van der Waals surface area (Å²) in [5, 5.41) is 3.52. The van der Waals surface area contributed by atoms with Gasteiger partial charge in [0, 0.05) is 12.2 Å². The average molecular weight is 342 g/mol. The zero-order valence-corrected chi connectivity index (χ0v) is 14.6. The topological polar surface area (TPSA) is 41.6 Å². The SMILES string of the molecule is COc1ccc(CN2B(c3ccccc3)Nc3ccccc3C2=O)cc1. The van der Waals surface area contributed by atoms with Gasteiger partial charge in [-0.3, -0.25) is 4.79 Å². The molecule has 0 saturated heterocycles. The molecule has 1 aliphatic rings. The third-order valence-electron chi connectivity index (χ3n) is 4.65. The molecule has 128 valence electrons. The molecule has 1 N–H and O–H groups in total. The molecule has 0 atom stereocenters. The predicted molar refractivity (Wildman–Crippen MR) is 105 cm³/mol. The molecule has 1 heterocycles. The summed E-state index contributed by atoms with van der Waals surface area (Å²) in [6, 6.07) is 25.5. The Balaban J connectivity index is 1.71. The van der Waals surface area contributed by atoms with Gasteiger partial charge in [0.2, 0.25) is 5.91 Å². The lowest BCUT2D eigenvalue weighted by molar-refractivity contribution is 0.0847. The number of carbonyl (C=O) groups excluding carboxylic acids is 1. The zero-order valence-electron chi connectivity index (χ0n) is 14.6. The first-order valence-electron chi connectivity index (χ1n) is 8.60. The highest BCUT2D eigenvalue weighted by Crippen LogP contribution is 2.25. The van der Waals surface area contributed by atoms with Gasteiger partial charge in [-0.2, -0.15) is 0 Å². The van der Waals surface area contributed by atoms with Crippen molar-refractivity contribution in [1.82, 2.24) is 4.81 Å². The second kappa shape index (κ2) is 6.96. The standard InChI is InChI=1S/C21H19BN2O2/c1-26-18-13-11-16(12-14-18)15-24-21(25)19-9-5-6-10-20(19)23-22(24)17-7-3-2-4-8-17/h2-14,23H,15H2,1H3. The number of amides is 1. The van der Waals surface area contributed by atoms with Crippen molar-refractivity contribution < 1.29 is 9.53 Å². The highest BCUT2D eigenvalue weighted by atomic mass is 16.5. The van der Waals surface area contributed by atoms with Crippen molar-refractivity contribution in [3.63, 3.8) is 0 Å². The second-order valence-corrected chi connectivity index (χ2v) is 6.28. The van der Waals surface area contributed by atoms with Crippen LogP contribution in [0.15, 0.2) is 78.9 Å². The number of fused-ring (bicyclic) bond motifs is 1. The molecule has 5 heteroatoms. The maximum absolute atomic E-state index is 13.2. The van der Waals surface area contributed by atoms with Crippen molar-refractivity contribution in [3.8, 4) is 5.75 Å². The van der Waals surface area contributed by atoms with Gasteiger partial charge in [-0.1, -0.05) is 54.6 Å². The fourth-order valence-electron chi connectivity index (χ4n) is 3.28. The number of para-hydroxylation sites is 1. The molecule has 0 spiro atoms. The molecule has 0 aromatic heterocycles. The van der Waals surface area contributed by atoms with Gasteiger partial charge in [0.05, 0.1) is 12.7 Å². The Morgan fingerprint density at radius 2 is 1.62 bits per heavy atom. The normalized spacial score (nSPS) is 13.2. The van der Waals surface area contributed by atoms with Crippen molar-refractivity contribution in [1.29, 1.82) is 0 Å². The van der Waals surface area contributed by atoms with Crippen LogP contribution < -0.4 is 15.4 Å². The first kappa shape index (κ1) is 16.3. The van der Waals surface area contributed by atoms with Crippen LogP contribution in [-0.2, 0) is 6.54 Å². The number of hydrogen-bond donors (Lipinski definition) is 1. The van der Waals surface area contributed by atoms with E-state index in [1.165, 1.54) is 0 Å². The highest BCUT2D eigenvalue weighted by Gasteiger charge is 2.36. The number of methoxy groups -OCH3 is 1.